The molecule has 17 heteroatoms. The van der Waals surface area contributed by atoms with Crippen LogP contribution in [0.2, 0.25) is 0 Å². The van der Waals surface area contributed by atoms with Gasteiger partial charge in [0.25, 0.3) is 17.7 Å². The fourth-order valence-electron chi connectivity index (χ4n) is 8.73. The number of nitrogens with one attached hydrogen (secondary N) is 2. The topological polar surface area (TPSA) is 186 Å². The Labute approximate surface area is 332 Å². The molecule has 2 N–H and O–H groups in total. The molecule has 1 aliphatic carbocycles. The largest absolute Gasteiger partial charge is 0.494 e. The van der Waals surface area contributed by atoms with Crippen LogP contribution in [-0.4, -0.2) is 116 Å². The number of hydrogen-bond donors (Lipinski definition) is 2. The summed E-state index contributed by atoms with van der Waals surface area (Å²) in [6.45, 7) is 4.93. The number of anilines is 2. The van der Waals surface area contributed by atoms with Gasteiger partial charge in [-0.05, 0) is 62.3 Å². The van der Waals surface area contributed by atoms with E-state index in [-0.39, 0.29) is 35.9 Å². The van der Waals surface area contributed by atoms with Gasteiger partial charge in [-0.25, -0.2) is 9.50 Å². The highest BCUT2D eigenvalue weighted by atomic mass is 16.5. The summed E-state index contributed by atoms with van der Waals surface area (Å²) in [6, 6.07) is 8.27. The van der Waals surface area contributed by atoms with Crippen LogP contribution in [0.25, 0.3) is 16.6 Å². The Hall–Kier alpha value is -6.36. The second-order valence-electron chi connectivity index (χ2n) is 16.0. The second-order valence-corrected chi connectivity index (χ2v) is 16.0. The van der Waals surface area contributed by atoms with Crippen LogP contribution < -0.4 is 25.0 Å². The summed E-state index contributed by atoms with van der Waals surface area (Å²) >= 11 is 0. The fourth-order valence-corrected chi connectivity index (χ4v) is 8.73. The van der Waals surface area contributed by atoms with Gasteiger partial charge < -0.3 is 24.6 Å². The normalized spacial score (nSPS) is 20.5. The molecule has 58 heavy (non-hydrogen) atoms. The van der Waals surface area contributed by atoms with Gasteiger partial charge in [0.15, 0.2) is 11.4 Å². The van der Waals surface area contributed by atoms with E-state index in [0.717, 1.165) is 79.9 Å². The van der Waals surface area contributed by atoms with Gasteiger partial charge in [-0.1, -0.05) is 0 Å². The summed E-state index contributed by atoms with van der Waals surface area (Å²) in [5, 5.41) is 15.4. The lowest BCUT2D eigenvalue weighted by Crippen LogP contribution is -2.54. The quantitative estimate of drug-likeness (QED) is 0.187. The van der Waals surface area contributed by atoms with Crippen molar-refractivity contribution in [1.82, 2.24) is 39.5 Å². The predicted octanol–water partition coefficient (Wildman–Crippen LogP) is 3.30. The van der Waals surface area contributed by atoms with E-state index in [9.17, 15) is 24.0 Å². The van der Waals surface area contributed by atoms with Gasteiger partial charge in [0.2, 0.25) is 11.8 Å². The molecule has 5 aromatic rings. The van der Waals surface area contributed by atoms with Gasteiger partial charge in [-0.3, -0.25) is 38.9 Å². The number of hydrogen-bond acceptors (Lipinski definition) is 12. The lowest BCUT2D eigenvalue weighted by Gasteiger charge is -2.44. The van der Waals surface area contributed by atoms with Crippen molar-refractivity contribution in [2.75, 3.05) is 56.7 Å². The third kappa shape index (κ3) is 6.38. The Balaban J connectivity index is 0.773. The minimum absolute atomic E-state index is 0.0599. The van der Waals surface area contributed by atoms with Gasteiger partial charge >= 0.3 is 0 Å². The molecule has 5 amide bonds. The number of benzene rings is 2. The number of aromatic nitrogens is 5. The summed E-state index contributed by atoms with van der Waals surface area (Å²) < 4.78 is 15.6. The highest BCUT2D eigenvalue weighted by Crippen LogP contribution is 2.42. The van der Waals surface area contributed by atoms with E-state index in [2.05, 4.69) is 41.4 Å². The van der Waals surface area contributed by atoms with E-state index in [0.29, 0.717) is 46.8 Å². The van der Waals surface area contributed by atoms with Gasteiger partial charge in [0.05, 0.1) is 54.0 Å². The van der Waals surface area contributed by atoms with Crippen molar-refractivity contribution in [3.8, 4) is 11.5 Å². The Morgan fingerprint density at radius 1 is 1.00 bits per heavy atom. The van der Waals surface area contributed by atoms with Gasteiger partial charge in [0, 0.05) is 75.1 Å². The molecule has 1 unspecified atom stereocenters. The number of imide groups is 2. The van der Waals surface area contributed by atoms with Crippen molar-refractivity contribution < 1.29 is 33.4 Å². The van der Waals surface area contributed by atoms with Crippen LogP contribution in [-0.2, 0) is 9.59 Å². The Bertz CT molecular complexity index is 2510. The summed E-state index contributed by atoms with van der Waals surface area (Å²) in [6.07, 6.45) is 11.3. The van der Waals surface area contributed by atoms with Crippen molar-refractivity contribution in [3.63, 3.8) is 0 Å². The Morgan fingerprint density at radius 3 is 2.60 bits per heavy atom. The summed E-state index contributed by atoms with van der Waals surface area (Å²) in [4.78, 5) is 74.5. The number of methoxy groups -OCH3 is 1. The van der Waals surface area contributed by atoms with E-state index in [1.807, 2.05) is 18.2 Å². The van der Waals surface area contributed by atoms with E-state index >= 15 is 0 Å². The smallest absolute Gasteiger partial charge is 0.266 e. The van der Waals surface area contributed by atoms with Crippen molar-refractivity contribution in [2.24, 2.45) is 11.8 Å². The van der Waals surface area contributed by atoms with E-state index in [1.54, 1.807) is 29.0 Å². The van der Waals surface area contributed by atoms with Crippen LogP contribution in [0.3, 0.4) is 0 Å². The van der Waals surface area contributed by atoms with Crippen LogP contribution in [0.5, 0.6) is 11.5 Å². The lowest BCUT2D eigenvalue weighted by molar-refractivity contribution is -0.136. The van der Waals surface area contributed by atoms with Crippen molar-refractivity contribution in [3.05, 3.63) is 71.8 Å². The predicted molar refractivity (Wildman–Crippen MR) is 209 cm³/mol. The maximum absolute atomic E-state index is 13.6. The molecule has 298 valence electrons. The van der Waals surface area contributed by atoms with Crippen LogP contribution in [0.1, 0.15) is 75.6 Å². The van der Waals surface area contributed by atoms with Crippen LogP contribution >= 0.6 is 0 Å². The molecule has 0 bridgehead atoms. The van der Waals surface area contributed by atoms with Gasteiger partial charge in [-0.2, -0.15) is 10.2 Å². The molecular weight excluding hydrogens is 745 g/mol. The molecule has 10 rings (SSSR count). The summed E-state index contributed by atoms with van der Waals surface area (Å²) in [5.74, 6) is -0.622. The summed E-state index contributed by atoms with van der Waals surface area (Å²) in [5.41, 5.74) is 3.36. The number of carbonyl (C=O) groups excluding carboxylic acids is 5. The number of rotatable bonds is 11. The van der Waals surface area contributed by atoms with Crippen molar-refractivity contribution in [2.45, 2.75) is 50.6 Å². The molecule has 0 spiro atoms. The van der Waals surface area contributed by atoms with E-state index in [1.165, 1.54) is 13.3 Å². The molecule has 2 aromatic carbocycles. The number of nitrogens with zero attached hydrogens (tertiary/aromatic N) is 8. The van der Waals surface area contributed by atoms with Crippen LogP contribution in [0.4, 0.5) is 11.4 Å². The number of piperidine rings is 2. The number of fused-ring (bicyclic) bond motifs is 3. The minimum Gasteiger partial charge on any atom is -0.494 e. The number of carbonyl (C=O) groups is 5. The van der Waals surface area contributed by atoms with Crippen LogP contribution in [0.15, 0.2) is 55.1 Å². The lowest BCUT2D eigenvalue weighted by atomic mass is 9.95. The second kappa shape index (κ2) is 14.2. The molecule has 1 saturated carbocycles. The zero-order chi connectivity index (χ0) is 39.7. The zero-order valence-corrected chi connectivity index (χ0v) is 31.9. The highest BCUT2D eigenvalue weighted by molar-refractivity contribution is 6.25. The van der Waals surface area contributed by atoms with Crippen molar-refractivity contribution >= 4 is 57.5 Å². The number of likely N-dealkylation sites (tertiary alicyclic amines) is 1. The first-order chi connectivity index (χ1) is 28.2. The molecule has 3 aromatic heterocycles. The van der Waals surface area contributed by atoms with E-state index < -0.39 is 29.7 Å². The van der Waals surface area contributed by atoms with Crippen molar-refractivity contribution in [1.29, 1.82) is 0 Å². The zero-order valence-electron chi connectivity index (χ0n) is 31.9. The molecule has 17 nitrogen and oxygen atoms in total. The third-order valence-corrected chi connectivity index (χ3v) is 12.1. The molecule has 3 saturated heterocycles. The van der Waals surface area contributed by atoms with E-state index in [4.69, 9.17) is 14.6 Å². The number of ether oxygens (including phenoxy) is 2. The Morgan fingerprint density at radius 2 is 1.83 bits per heavy atom. The molecule has 5 aliphatic rings. The minimum atomic E-state index is -1.03. The van der Waals surface area contributed by atoms with Gasteiger partial charge in [0.1, 0.15) is 17.4 Å². The molecule has 0 radical (unpaired) electrons. The maximum atomic E-state index is 13.6. The standard InChI is InChI=1S/C41H42N10O7/c1-57-36-31(6-5-27-35(36)41(56)51(40(27)55)32-7-8-34(52)45-39(32)54)48-19-24(20-48)18-47-13-9-26(10-14-47)50-21-25-15-30(33(16-29(25)46-50)58-22-23-3-4-23)44-38(53)28-17-43-49-12-2-11-42-37(28)49/h2,5-6,11-12,15-17,21,23-24,26,32H,3-4,7-10,13-14,18-20,22H2,1H3,(H,44,53)(H,45,52,54). The monoisotopic (exact) mass is 786 g/mol. The highest BCUT2D eigenvalue weighted by Gasteiger charge is 2.47. The average molecular weight is 787 g/mol. The average Bonchev–Trinajstić information content (AvgIpc) is 3.70. The maximum Gasteiger partial charge on any atom is 0.266 e. The first-order valence-electron chi connectivity index (χ1n) is 19.9. The molecule has 4 aliphatic heterocycles. The van der Waals surface area contributed by atoms with Crippen LogP contribution in [0, 0.1) is 11.8 Å². The Kier molecular flexibility index (Phi) is 8.84. The molecular formula is C41H42N10O7. The van der Waals surface area contributed by atoms with Gasteiger partial charge in [-0.15, -0.1) is 0 Å². The molecule has 7 heterocycles. The molecule has 4 fully saturated rings. The number of amides is 5. The SMILES string of the molecule is COc1c(N2CC(CN3CCC(n4cc5cc(NC(=O)c6cnn7cccnc67)c(OCC6CC6)cc5n4)CC3)C2)ccc2c1C(=O)N(C1CCC(=O)NC1=O)C2=O. The molecule has 1 atom stereocenters. The first-order valence-corrected chi connectivity index (χ1v) is 19.9. The first kappa shape index (κ1) is 36.0. The summed E-state index contributed by atoms with van der Waals surface area (Å²) in [7, 11) is 1.48. The fraction of sp³-hybridized carbons (Fsp3) is 0.415. The third-order valence-electron chi connectivity index (χ3n) is 12.1.